The average molecular weight is 787 g/mol. The smallest absolute Gasteiger partial charge is 0.0355 e. The van der Waals surface area contributed by atoms with Crippen molar-refractivity contribution in [2.75, 3.05) is 0 Å². The fraction of sp³-hybridized carbons (Fsp3) is 0. The van der Waals surface area contributed by atoms with E-state index in [9.17, 15) is 0 Å². The highest BCUT2D eigenvalue weighted by molar-refractivity contribution is 7.25. The van der Waals surface area contributed by atoms with Gasteiger partial charge in [-0.1, -0.05) is 176 Å². The molecule has 13 aromatic carbocycles. The summed E-state index contributed by atoms with van der Waals surface area (Å²) in [6, 6.07) is 77.4. The molecule has 14 rings (SSSR count). The standard InChI is InChI=1S/C60H34S/c1-4-14-35(15-5-1)38-26-30-52-48(32-38)49-33-39(27-31-53(49)61-52)40-28-29-47-56-43(40)22-12-25-46(56)59-54(36-16-6-2-7-17-36)51-34-50-42-21-11-10-20-41(42)44-23-13-24-45(57(44)50)58(51)55(60(47)59)37-18-8-3-9-19-37/h1-34H. The highest BCUT2D eigenvalue weighted by Gasteiger charge is 2.27. The molecule has 0 saturated carbocycles. The van der Waals surface area contributed by atoms with Crippen LogP contribution in [0.5, 0.6) is 0 Å². The van der Waals surface area contributed by atoms with Crippen LogP contribution in [0.3, 0.4) is 0 Å². The van der Waals surface area contributed by atoms with Gasteiger partial charge in [0.15, 0.2) is 0 Å². The minimum atomic E-state index is 1.24. The number of rotatable bonds is 4. The number of thiophene rings is 1. The van der Waals surface area contributed by atoms with Gasteiger partial charge in [-0.15, -0.1) is 11.3 Å². The van der Waals surface area contributed by atoms with E-state index in [4.69, 9.17) is 0 Å². The van der Waals surface area contributed by atoms with E-state index in [0.29, 0.717) is 0 Å². The molecule has 0 aliphatic rings. The second-order valence-electron chi connectivity index (χ2n) is 16.6. The lowest BCUT2D eigenvalue weighted by atomic mass is 9.84. The molecule has 61 heavy (non-hydrogen) atoms. The molecule has 1 heteroatoms. The van der Waals surface area contributed by atoms with Crippen molar-refractivity contribution in [3.8, 4) is 44.5 Å². The summed E-state index contributed by atoms with van der Waals surface area (Å²) in [5, 5.41) is 21.1. The number of fused-ring (bicyclic) bond motifs is 11. The molecule has 14 aromatic rings. The van der Waals surface area contributed by atoms with E-state index < -0.39 is 0 Å². The monoisotopic (exact) mass is 786 g/mol. The number of hydrogen-bond acceptors (Lipinski definition) is 1. The van der Waals surface area contributed by atoms with Gasteiger partial charge in [0.25, 0.3) is 0 Å². The maximum absolute atomic E-state index is 2.53. The highest BCUT2D eigenvalue weighted by Crippen LogP contribution is 2.55. The van der Waals surface area contributed by atoms with Crippen LogP contribution in [0.2, 0.25) is 0 Å². The molecule has 0 atom stereocenters. The summed E-state index contributed by atoms with van der Waals surface area (Å²) in [6.45, 7) is 0. The van der Waals surface area contributed by atoms with Crippen molar-refractivity contribution in [3.63, 3.8) is 0 Å². The zero-order chi connectivity index (χ0) is 39.8. The molecule has 0 radical (unpaired) electrons. The largest absolute Gasteiger partial charge is 0.135 e. The first-order valence-electron chi connectivity index (χ1n) is 21.2. The summed E-state index contributed by atoms with van der Waals surface area (Å²) in [5.74, 6) is 0. The second kappa shape index (κ2) is 12.5. The summed E-state index contributed by atoms with van der Waals surface area (Å²) in [6.07, 6.45) is 0. The Morgan fingerprint density at radius 2 is 0.705 bits per heavy atom. The first kappa shape index (κ1) is 33.3. The first-order valence-corrected chi connectivity index (χ1v) is 22.0. The van der Waals surface area contributed by atoms with Crippen molar-refractivity contribution in [1.29, 1.82) is 0 Å². The van der Waals surface area contributed by atoms with Crippen LogP contribution >= 0.6 is 11.3 Å². The van der Waals surface area contributed by atoms with E-state index in [1.54, 1.807) is 0 Å². The molecular weight excluding hydrogens is 753 g/mol. The Balaban J connectivity index is 1.13. The molecule has 0 spiro atoms. The Bertz CT molecular complexity index is 4070. The van der Waals surface area contributed by atoms with Crippen LogP contribution < -0.4 is 0 Å². The van der Waals surface area contributed by atoms with Gasteiger partial charge in [0.2, 0.25) is 0 Å². The number of hydrogen-bond donors (Lipinski definition) is 0. The highest BCUT2D eigenvalue weighted by atomic mass is 32.1. The first-order chi connectivity index (χ1) is 30.3. The van der Waals surface area contributed by atoms with Gasteiger partial charge in [0, 0.05) is 20.2 Å². The Kier molecular flexibility index (Phi) is 6.80. The molecule has 1 heterocycles. The average Bonchev–Trinajstić information content (AvgIpc) is 3.98. The summed E-state index contributed by atoms with van der Waals surface area (Å²) in [7, 11) is 0. The summed E-state index contributed by atoms with van der Waals surface area (Å²) >= 11 is 1.88. The lowest BCUT2D eigenvalue weighted by molar-refractivity contribution is 1.66. The third-order valence-electron chi connectivity index (χ3n) is 13.5. The zero-order valence-corrected chi connectivity index (χ0v) is 33.9. The molecule has 1 aromatic heterocycles. The van der Waals surface area contributed by atoms with Gasteiger partial charge in [-0.2, -0.15) is 0 Å². The van der Waals surface area contributed by atoms with Gasteiger partial charge >= 0.3 is 0 Å². The molecule has 0 unspecified atom stereocenters. The quantitative estimate of drug-likeness (QED) is 0.156. The maximum Gasteiger partial charge on any atom is 0.0355 e. The summed E-state index contributed by atoms with van der Waals surface area (Å²) in [4.78, 5) is 0. The molecule has 0 saturated heterocycles. The molecule has 0 aliphatic heterocycles. The Hall–Kier alpha value is -7.58. The Labute approximate surface area is 355 Å². The minimum Gasteiger partial charge on any atom is -0.135 e. The molecular formula is C60H34S. The molecule has 280 valence electrons. The molecule has 0 amide bonds. The maximum atomic E-state index is 2.53. The van der Waals surface area contributed by atoms with Gasteiger partial charge in [0.1, 0.15) is 0 Å². The Morgan fingerprint density at radius 3 is 1.41 bits per heavy atom. The third kappa shape index (κ3) is 4.59. The molecule has 0 bridgehead atoms. The van der Waals surface area contributed by atoms with E-state index in [1.165, 1.54) is 140 Å². The van der Waals surface area contributed by atoms with Crippen molar-refractivity contribution in [2.24, 2.45) is 0 Å². The van der Waals surface area contributed by atoms with Gasteiger partial charge in [-0.25, -0.2) is 0 Å². The van der Waals surface area contributed by atoms with Gasteiger partial charge in [0.05, 0.1) is 0 Å². The molecule has 0 nitrogen and oxygen atoms in total. The van der Waals surface area contributed by atoms with Crippen LogP contribution in [0.4, 0.5) is 0 Å². The fourth-order valence-electron chi connectivity index (χ4n) is 11.0. The SMILES string of the molecule is c1ccc(-c2ccc3sc4ccc(-c5ccc6c7c(-c8ccccc8)c8c(cc9c%10ccccc%10c%10cccc8c%109)c(-c8ccccc8)c7c7cccc5c76)cc4c3c2)cc1. The van der Waals surface area contributed by atoms with Crippen molar-refractivity contribution >= 4 is 107 Å². The molecule has 0 aliphatic carbocycles. The number of benzene rings is 11. The lowest BCUT2D eigenvalue weighted by Gasteiger charge is -2.19. The summed E-state index contributed by atoms with van der Waals surface area (Å²) in [5.41, 5.74) is 10.1. The van der Waals surface area contributed by atoms with Crippen LogP contribution in [0.15, 0.2) is 206 Å². The van der Waals surface area contributed by atoms with Crippen molar-refractivity contribution < 1.29 is 0 Å². The minimum absolute atomic E-state index is 1.24. The topological polar surface area (TPSA) is 0 Å². The predicted molar refractivity (Wildman–Crippen MR) is 266 cm³/mol. The summed E-state index contributed by atoms with van der Waals surface area (Å²) < 4.78 is 2.64. The van der Waals surface area contributed by atoms with Crippen molar-refractivity contribution in [3.05, 3.63) is 206 Å². The normalized spacial score (nSPS) is 12.3. The van der Waals surface area contributed by atoms with Crippen molar-refractivity contribution in [1.82, 2.24) is 0 Å². The third-order valence-corrected chi connectivity index (χ3v) is 14.7. The van der Waals surface area contributed by atoms with E-state index in [-0.39, 0.29) is 0 Å². The van der Waals surface area contributed by atoms with E-state index in [2.05, 4.69) is 206 Å². The van der Waals surface area contributed by atoms with Gasteiger partial charge in [-0.05, 0) is 150 Å². The van der Waals surface area contributed by atoms with Crippen LogP contribution in [0.25, 0.3) is 140 Å². The van der Waals surface area contributed by atoms with Crippen LogP contribution in [0, 0.1) is 0 Å². The van der Waals surface area contributed by atoms with E-state index >= 15 is 0 Å². The van der Waals surface area contributed by atoms with E-state index in [0.717, 1.165) is 0 Å². The molecule has 0 fully saturated rings. The van der Waals surface area contributed by atoms with Crippen LogP contribution in [0.1, 0.15) is 0 Å². The second-order valence-corrected chi connectivity index (χ2v) is 17.7. The van der Waals surface area contributed by atoms with Gasteiger partial charge in [-0.3, -0.25) is 0 Å². The van der Waals surface area contributed by atoms with Gasteiger partial charge < -0.3 is 0 Å². The van der Waals surface area contributed by atoms with Crippen LogP contribution in [-0.4, -0.2) is 0 Å². The fourth-order valence-corrected chi connectivity index (χ4v) is 12.1. The predicted octanol–water partition coefficient (Wildman–Crippen LogP) is 17.7. The zero-order valence-electron chi connectivity index (χ0n) is 33.0. The Morgan fingerprint density at radius 1 is 0.213 bits per heavy atom. The molecule has 0 N–H and O–H groups in total. The van der Waals surface area contributed by atoms with Crippen molar-refractivity contribution in [2.45, 2.75) is 0 Å². The van der Waals surface area contributed by atoms with Crippen LogP contribution in [-0.2, 0) is 0 Å². The van der Waals surface area contributed by atoms with E-state index in [1.807, 2.05) is 11.3 Å². The lowest BCUT2D eigenvalue weighted by Crippen LogP contribution is -1.91.